The van der Waals surface area contributed by atoms with Crippen LogP contribution in [0.2, 0.25) is 0 Å². The van der Waals surface area contributed by atoms with Crippen molar-refractivity contribution in [1.82, 2.24) is 0 Å². The van der Waals surface area contributed by atoms with Crippen molar-refractivity contribution in [3.63, 3.8) is 0 Å². The number of rotatable bonds is 5. The van der Waals surface area contributed by atoms with Gasteiger partial charge in [0, 0.05) is 28.9 Å². The zero-order valence-corrected chi connectivity index (χ0v) is 16.7. The minimum atomic E-state index is -4.13. The van der Waals surface area contributed by atoms with E-state index in [0.29, 0.717) is 10.9 Å². The van der Waals surface area contributed by atoms with E-state index in [9.17, 15) is 28.7 Å². The summed E-state index contributed by atoms with van der Waals surface area (Å²) in [7, 11) is -4.13. The van der Waals surface area contributed by atoms with E-state index in [0.717, 1.165) is 11.5 Å². The molecule has 0 spiro atoms. The average molecular weight is 436 g/mol. The lowest BCUT2D eigenvalue weighted by Crippen LogP contribution is -2.13. The minimum Gasteiger partial charge on any atom is -0.507 e. The minimum absolute atomic E-state index is 0.0762. The number of non-ortho nitro benzene ring substituents is 1. The van der Waals surface area contributed by atoms with Crippen molar-refractivity contribution in [3.8, 4) is 22.6 Å². The van der Waals surface area contributed by atoms with Gasteiger partial charge in [-0.15, -0.1) is 0 Å². The van der Waals surface area contributed by atoms with Gasteiger partial charge in [-0.05, 0) is 41.1 Å². The number of anilines is 1. The molecule has 0 saturated carbocycles. The number of hydrogen-bond acceptors (Lipinski definition) is 6. The second kappa shape index (κ2) is 7.62. The van der Waals surface area contributed by atoms with Crippen LogP contribution in [0.5, 0.6) is 11.5 Å². The molecule has 0 aliphatic carbocycles. The van der Waals surface area contributed by atoms with Gasteiger partial charge in [0.05, 0.1) is 9.82 Å². The Kier molecular flexibility index (Phi) is 4.96. The van der Waals surface area contributed by atoms with E-state index in [2.05, 4.69) is 4.72 Å². The molecule has 0 saturated heterocycles. The fourth-order valence-electron chi connectivity index (χ4n) is 3.32. The summed E-state index contributed by atoms with van der Waals surface area (Å²) < 4.78 is 27.8. The highest BCUT2D eigenvalue weighted by Gasteiger charge is 2.20. The Balaban J connectivity index is 1.79. The van der Waals surface area contributed by atoms with Crippen molar-refractivity contribution in [2.24, 2.45) is 0 Å². The Morgan fingerprint density at radius 2 is 1.58 bits per heavy atom. The third-order valence-corrected chi connectivity index (χ3v) is 6.14. The quantitative estimate of drug-likeness (QED) is 0.238. The highest BCUT2D eigenvalue weighted by Crippen LogP contribution is 2.41. The molecule has 9 heteroatoms. The zero-order chi connectivity index (χ0) is 22.2. The topological polar surface area (TPSA) is 130 Å². The average Bonchev–Trinajstić information content (AvgIpc) is 2.75. The normalized spacial score (nSPS) is 11.4. The molecular weight excluding hydrogens is 420 g/mol. The van der Waals surface area contributed by atoms with Gasteiger partial charge in [-0.3, -0.25) is 14.8 Å². The highest BCUT2D eigenvalue weighted by molar-refractivity contribution is 7.92. The monoisotopic (exact) mass is 436 g/mol. The van der Waals surface area contributed by atoms with E-state index < -0.39 is 14.9 Å². The third-order valence-electron chi connectivity index (χ3n) is 4.76. The molecule has 0 aliphatic heterocycles. The van der Waals surface area contributed by atoms with Crippen molar-refractivity contribution in [2.45, 2.75) is 4.90 Å². The van der Waals surface area contributed by atoms with Crippen molar-refractivity contribution >= 4 is 32.2 Å². The van der Waals surface area contributed by atoms with Crippen LogP contribution in [0.3, 0.4) is 0 Å². The fraction of sp³-hybridized carbons (Fsp3) is 0. The molecular formula is C22H16N2O6S. The Hall–Kier alpha value is -4.11. The first-order chi connectivity index (χ1) is 14.8. The Labute approximate surface area is 177 Å². The smallest absolute Gasteiger partial charge is 0.270 e. The van der Waals surface area contributed by atoms with Gasteiger partial charge < -0.3 is 10.2 Å². The number of aromatic hydroxyl groups is 2. The maximum atomic E-state index is 12.7. The van der Waals surface area contributed by atoms with Crippen LogP contribution in [0, 0.1) is 10.1 Å². The molecule has 0 atom stereocenters. The van der Waals surface area contributed by atoms with E-state index in [1.807, 2.05) is 12.1 Å². The van der Waals surface area contributed by atoms with Crippen molar-refractivity contribution in [2.75, 3.05) is 4.72 Å². The highest BCUT2D eigenvalue weighted by atomic mass is 32.2. The van der Waals surface area contributed by atoms with Gasteiger partial charge in [0.1, 0.15) is 11.5 Å². The number of phenols is 2. The standard InChI is InChI=1S/C22H16N2O6S/c25-20-11-9-15(23-31(29,30)17-6-3-5-16(13-17)24(27)28)12-19(20)22-18-7-2-1-4-14(18)8-10-21(22)26/h1-13,23,25-26H. The predicted molar refractivity (Wildman–Crippen MR) is 117 cm³/mol. The van der Waals surface area contributed by atoms with Crippen LogP contribution < -0.4 is 4.72 Å². The second-order valence-electron chi connectivity index (χ2n) is 6.77. The summed E-state index contributed by atoms with van der Waals surface area (Å²) in [6.07, 6.45) is 0. The zero-order valence-electron chi connectivity index (χ0n) is 15.9. The molecule has 4 rings (SSSR count). The molecule has 0 fully saturated rings. The Bertz CT molecular complexity index is 1430. The number of nitrogens with zero attached hydrogens (tertiary/aromatic N) is 1. The van der Waals surface area contributed by atoms with E-state index in [4.69, 9.17) is 0 Å². The molecule has 0 bridgehead atoms. The number of hydrogen-bond donors (Lipinski definition) is 3. The summed E-state index contributed by atoms with van der Waals surface area (Å²) in [5.74, 6) is -0.224. The molecule has 4 aromatic rings. The van der Waals surface area contributed by atoms with Gasteiger partial charge in [0.2, 0.25) is 0 Å². The number of sulfonamides is 1. The summed E-state index contributed by atoms with van der Waals surface area (Å²) in [5.41, 5.74) is 0.349. The molecule has 31 heavy (non-hydrogen) atoms. The van der Waals surface area contributed by atoms with Crippen molar-refractivity contribution in [1.29, 1.82) is 0 Å². The number of phenolic OH excluding ortho intramolecular Hbond substituents is 2. The molecule has 0 heterocycles. The molecule has 0 aliphatic rings. The van der Waals surface area contributed by atoms with Crippen LogP contribution in [0.15, 0.2) is 83.8 Å². The van der Waals surface area contributed by atoms with Gasteiger partial charge >= 0.3 is 0 Å². The van der Waals surface area contributed by atoms with Crippen LogP contribution in [-0.2, 0) is 10.0 Å². The first-order valence-corrected chi connectivity index (χ1v) is 10.6. The maximum Gasteiger partial charge on any atom is 0.270 e. The van der Waals surface area contributed by atoms with E-state index >= 15 is 0 Å². The number of nitro benzene ring substituents is 1. The van der Waals surface area contributed by atoms with Gasteiger partial charge in [-0.2, -0.15) is 0 Å². The second-order valence-corrected chi connectivity index (χ2v) is 8.46. The van der Waals surface area contributed by atoms with Crippen LogP contribution in [0.1, 0.15) is 0 Å². The van der Waals surface area contributed by atoms with E-state index in [1.54, 1.807) is 18.2 Å². The molecule has 4 aromatic carbocycles. The lowest BCUT2D eigenvalue weighted by molar-refractivity contribution is -0.385. The first-order valence-electron chi connectivity index (χ1n) is 9.07. The number of nitrogens with one attached hydrogen (secondary N) is 1. The summed E-state index contributed by atoms with van der Waals surface area (Å²) >= 11 is 0. The third kappa shape index (κ3) is 3.86. The summed E-state index contributed by atoms with van der Waals surface area (Å²) in [6.45, 7) is 0. The van der Waals surface area contributed by atoms with Gasteiger partial charge in [0.15, 0.2) is 0 Å². The fourth-order valence-corrected chi connectivity index (χ4v) is 4.41. The number of fused-ring (bicyclic) bond motifs is 1. The van der Waals surface area contributed by atoms with E-state index in [1.165, 1.54) is 42.5 Å². The largest absolute Gasteiger partial charge is 0.507 e. The van der Waals surface area contributed by atoms with Crippen LogP contribution in [-0.4, -0.2) is 23.6 Å². The van der Waals surface area contributed by atoms with Crippen LogP contribution >= 0.6 is 0 Å². The summed E-state index contributed by atoms with van der Waals surface area (Å²) in [6, 6.07) is 19.2. The summed E-state index contributed by atoms with van der Waals surface area (Å²) in [4.78, 5) is 10.0. The number of nitro groups is 1. The number of benzene rings is 4. The molecule has 156 valence electrons. The molecule has 8 nitrogen and oxygen atoms in total. The van der Waals surface area contributed by atoms with E-state index in [-0.39, 0.29) is 33.3 Å². The molecule has 0 unspecified atom stereocenters. The molecule has 0 amide bonds. The Morgan fingerprint density at radius 1 is 0.839 bits per heavy atom. The Morgan fingerprint density at radius 3 is 2.35 bits per heavy atom. The van der Waals surface area contributed by atoms with Crippen molar-refractivity contribution < 1.29 is 23.6 Å². The van der Waals surface area contributed by atoms with Gasteiger partial charge in [0.25, 0.3) is 15.7 Å². The van der Waals surface area contributed by atoms with Gasteiger partial charge in [-0.1, -0.05) is 36.4 Å². The van der Waals surface area contributed by atoms with Crippen molar-refractivity contribution in [3.05, 3.63) is 89.0 Å². The van der Waals surface area contributed by atoms with Crippen LogP contribution in [0.25, 0.3) is 21.9 Å². The molecule has 0 radical (unpaired) electrons. The lowest BCUT2D eigenvalue weighted by atomic mass is 9.96. The lowest BCUT2D eigenvalue weighted by Gasteiger charge is -2.14. The van der Waals surface area contributed by atoms with Crippen LogP contribution in [0.4, 0.5) is 11.4 Å². The first kappa shape index (κ1) is 20.2. The molecule has 0 aromatic heterocycles. The summed E-state index contributed by atoms with van der Waals surface area (Å²) in [5, 5.41) is 33.3. The molecule has 3 N–H and O–H groups in total. The van der Waals surface area contributed by atoms with Gasteiger partial charge in [-0.25, -0.2) is 8.42 Å². The SMILES string of the molecule is O=[N+]([O-])c1cccc(S(=O)(=O)Nc2ccc(O)c(-c3c(O)ccc4ccccc34)c2)c1. The predicted octanol–water partition coefficient (Wildman–Crippen LogP) is 4.63. The maximum absolute atomic E-state index is 12.7.